The van der Waals surface area contributed by atoms with Gasteiger partial charge in [0.15, 0.2) is 5.82 Å². The molecule has 18 heavy (non-hydrogen) atoms. The van der Waals surface area contributed by atoms with E-state index in [0.717, 1.165) is 17.0 Å². The molecule has 94 valence electrons. The van der Waals surface area contributed by atoms with Gasteiger partial charge in [-0.3, -0.25) is 0 Å². The largest absolute Gasteiger partial charge is 0.371 e. The summed E-state index contributed by atoms with van der Waals surface area (Å²) in [4.78, 5) is 8.97. The molecule has 0 aliphatic carbocycles. The van der Waals surface area contributed by atoms with E-state index in [4.69, 9.17) is 0 Å². The topological polar surface area (TPSA) is 37.8 Å². The molecule has 1 N–H and O–H groups in total. The lowest BCUT2D eigenvalue weighted by Gasteiger charge is -2.12. The highest BCUT2D eigenvalue weighted by Crippen LogP contribution is 2.29. The molecule has 2 aromatic rings. The Balaban J connectivity index is 2.70. The molecule has 0 saturated carbocycles. The molecule has 0 aliphatic heterocycles. The molecule has 0 bridgehead atoms. The first-order valence-electron chi connectivity index (χ1n) is 5.83. The van der Waals surface area contributed by atoms with E-state index >= 15 is 0 Å². The van der Waals surface area contributed by atoms with Crippen molar-refractivity contribution in [2.75, 3.05) is 12.4 Å². The van der Waals surface area contributed by atoms with Crippen molar-refractivity contribution in [2.45, 2.75) is 20.8 Å². The zero-order valence-corrected chi connectivity index (χ0v) is 11.0. The molecule has 0 amide bonds. The molecule has 1 heterocycles. The first kappa shape index (κ1) is 12.5. The van der Waals surface area contributed by atoms with Crippen LogP contribution in [0.1, 0.15) is 17.0 Å². The third-order valence-electron chi connectivity index (χ3n) is 3.07. The van der Waals surface area contributed by atoms with E-state index < -0.39 is 0 Å². The van der Waals surface area contributed by atoms with Gasteiger partial charge in [0.05, 0.1) is 11.4 Å². The zero-order valence-electron chi connectivity index (χ0n) is 11.0. The second-order valence-corrected chi connectivity index (χ2v) is 4.25. The maximum Gasteiger partial charge on any atom is 0.152 e. The first-order chi connectivity index (χ1) is 8.54. The summed E-state index contributed by atoms with van der Waals surface area (Å²) in [6.07, 6.45) is 0. The minimum Gasteiger partial charge on any atom is -0.371 e. The monoisotopic (exact) mass is 245 g/mol. The summed E-state index contributed by atoms with van der Waals surface area (Å²) < 4.78 is 13.6. The SMILES string of the molecule is CNc1nc(C)c(C)nc1-c1cccc(F)c1C. The van der Waals surface area contributed by atoms with Gasteiger partial charge in [-0.1, -0.05) is 12.1 Å². The van der Waals surface area contributed by atoms with Crippen molar-refractivity contribution in [1.29, 1.82) is 0 Å². The number of aryl methyl sites for hydroxylation is 2. The van der Waals surface area contributed by atoms with Gasteiger partial charge in [-0.2, -0.15) is 0 Å². The summed E-state index contributed by atoms with van der Waals surface area (Å²) >= 11 is 0. The van der Waals surface area contributed by atoms with Crippen LogP contribution in [0.4, 0.5) is 10.2 Å². The Morgan fingerprint density at radius 2 is 1.72 bits per heavy atom. The van der Waals surface area contributed by atoms with E-state index in [1.807, 2.05) is 19.9 Å². The number of hydrogen-bond donors (Lipinski definition) is 1. The molecule has 0 unspecified atom stereocenters. The predicted molar refractivity (Wildman–Crippen MR) is 71.2 cm³/mol. The standard InChI is InChI=1S/C14H16FN3/c1-8-11(6-5-7-12(8)15)13-14(16-4)18-10(3)9(2)17-13/h5-7H,1-4H3,(H,16,18). The van der Waals surface area contributed by atoms with Gasteiger partial charge in [-0.25, -0.2) is 14.4 Å². The minimum absolute atomic E-state index is 0.227. The van der Waals surface area contributed by atoms with Crippen LogP contribution < -0.4 is 5.32 Å². The summed E-state index contributed by atoms with van der Waals surface area (Å²) in [5.74, 6) is 0.446. The van der Waals surface area contributed by atoms with Crippen LogP contribution in [0.15, 0.2) is 18.2 Å². The van der Waals surface area contributed by atoms with Crippen molar-refractivity contribution in [3.63, 3.8) is 0 Å². The van der Waals surface area contributed by atoms with Crippen LogP contribution in [-0.2, 0) is 0 Å². The molecule has 0 radical (unpaired) electrons. The number of benzene rings is 1. The Hall–Kier alpha value is -1.97. The quantitative estimate of drug-likeness (QED) is 0.882. The van der Waals surface area contributed by atoms with Crippen LogP contribution in [0.2, 0.25) is 0 Å². The van der Waals surface area contributed by atoms with Crippen molar-refractivity contribution in [3.05, 3.63) is 41.0 Å². The van der Waals surface area contributed by atoms with Crippen molar-refractivity contribution in [3.8, 4) is 11.3 Å². The van der Waals surface area contributed by atoms with Crippen LogP contribution in [-0.4, -0.2) is 17.0 Å². The molecule has 0 fully saturated rings. The molecule has 4 heteroatoms. The second-order valence-electron chi connectivity index (χ2n) is 4.25. The molecule has 0 aliphatic rings. The Morgan fingerprint density at radius 3 is 2.39 bits per heavy atom. The Morgan fingerprint density at radius 1 is 1.06 bits per heavy atom. The molecule has 0 saturated heterocycles. The molecular weight excluding hydrogens is 229 g/mol. The lowest BCUT2D eigenvalue weighted by molar-refractivity contribution is 0.619. The fraction of sp³-hybridized carbons (Fsp3) is 0.286. The normalized spacial score (nSPS) is 10.5. The van der Waals surface area contributed by atoms with Gasteiger partial charge < -0.3 is 5.32 Å². The van der Waals surface area contributed by atoms with Crippen molar-refractivity contribution >= 4 is 5.82 Å². The average Bonchev–Trinajstić information content (AvgIpc) is 2.36. The fourth-order valence-electron chi connectivity index (χ4n) is 1.83. The van der Waals surface area contributed by atoms with Crippen LogP contribution in [0.3, 0.4) is 0 Å². The van der Waals surface area contributed by atoms with Gasteiger partial charge in [-0.05, 0) is 32.4 Å². The average molecular weight is 245 g/mol. The van der Waals surface area contributed by atoms with E-state index in [1.165, 1.54) is 6.07 Å². The van der Waals surface area contributed by atoms with E-state index in [-0.39, 0.29) is 5.82 Å². The Labute approximate surface area is 106 Å². The fourth-order valence-corrected chi connectivity index (χ4v) is 1.83. The predicted octanol–water partition coefficient (Wildman–Crippen LogP) is 3.25. The van der Waals surface area contributed by atoms with Crippen LogP contribution >= 0.6 is 0 Å². The van der Waals surface area contributed by atoms with E-state index in [0.29, 0.717) is 17.1 Å². The first-order valence-corrected chi connectivity index (χ1v) is 5.83. The van der Waals surface area contributed by atoms with Crippen LogP contribution in [0.25, 0.3) is 11.3 Å². The lowest BCUT2D eigenvalue weighted by atomic mass is 10.0. The third kappa shape index (κ3) is 2.06. The summed E-state index contributed by atoms with van der Waals surface area (Å²) in [6.45, 7) is 5.56. The highest BCUT2D eigenvalue weighted by atomic mass is 19.1. The van der Waals surface area contributed by atoms with Gasteiger partial charge >= 0.3 is 0 Å². The number of hydrogen-bond acceptors (Lipinski definition) is 3. The maximum absolute atomic E-state index is 13.6. The van der Waals surface area contributed by atoms with E-state index in [2.05, 4.69) is 15.3 Å². The smallest absolute Gasteiger partial charge is 0.152 e. The Kier molecular flexibility index (Phi) is 3.28. The Bertz CT molecular complexity index is 594. The highest BCUT2D eigenvalue weighted by Gasteiger charge is 2.13. The minimum atomic E-state index is -0.227. The van der Waals surface area contributed by atoms with E-state index in [1.54, 1.807) is 20.0 Å². The zero-order chi connectivity index (χ0) is 13.3. The summed E-state index contributed by atoms with van der Waals surface area (Å²) in [6, 6.07) is 5.00. The summed E-state index contributed by atoms with van der Waals surface area (Å²) in [5.41, 5.74) is 3.78. The summed E-state index contributed by atoms with van der Waals surface area (Å²) in [7, 11) is 1.79. The van der Waals surface area contributed by atoms with Gasteiger partial charge in [0.25, 0.3) is 0 Å². The van der Waals surface area contributed by atoms with E-state index in [9.17, 15) is 4.39 Å². The van der Waals surface area contributed by atoms with Crippen molar-refractivity contribution < 1.29 is 4.39 Å². The second kappa shape index (κ2) is 4.72. The number of nitrogens with zero attached hydrogens (tertiary/aromatic N) is 2. The van der Waals surface area contributed by atoms with Gasteiger partial charge in [0.2, 0.25) is 0 Å². The number of aromatic nitrogens is 2. The highest BCUT2D eigenvalue weighted by molar-refractivity contribution is 5.74. The van der Waals surface area contributed by atoms with Gasteiger partial charge in [0.1, 0.15) is 11.5 Å². The number of anilines is 1. The molecule has 2 rings (SSSR count). The number of halogens is 1. The van der Waals surface area contributed by atoms with Crippen LogP contribution in [0.5, 0.6) is 0 Å². The molecule has 1 aromatic carbocycles. The molecule has 0 atom stereocenters. The van der Waals surface area contributed by atoms with Crippen molar-refractivity contribution in [2.24, 2.45) is 0 Å². The third-order valence-corrected chi connectivity index (χ3v) is 3.07. The molecular formula is C14H16FN3. The van der Waals surface area contributed by atoms with Crippen molar-refractivity contribution in [1.82, 2.24) is 9.97 Å². The molecule has 3 nitrogen and oxygen atoms in total. The number of rotatable bonds is 2. The molecule has 0 spiro atoms. The lowest BCUT2D eigenvalue weighted by Crippen LogP contribution is -2.04. The molecule has 1 aromatic heterocycles. The van der Waals surface area contributed by atoms with Gasteiger partial charge in [-0.15, -0.1) is 0 Å². The number of nitrogens with one attached hydrogen (secondary N) is 1. The summed E-state index contributed by atoms with van der Waals surface area (Å²) in [5, 5.41) is 3.01. The maximum atomic E-state index is 13.6. The van der Waals surface area contributed by atoms with Crippen LogP contribution in [0, 0.1) is 26.6 Å². The van der Waals surface area contributed by atoms with Gasteiger partial charge in [0, 0.05) is 12.6 Å².